The van der Waals surface area contributed by atoms with Crippen LogP contribution in [0.3, 0.4) is 0 Å². The molecule has 0 spiro atoms. The van der Waals surface area contributed by atoms with Gasteiger partial charge in [0.25, 0.3) is 0 Å². The molecule has 19 heavy (non-hydrogen) atoms. The topological polar surface area (TPSA) is 47.6 Å². The van der Waals surface area contributed by atoms with Crippen molar-refractivity contribution in [3.05, 3.63) is 35.9 Å². The van der Waals surface area contributed by atoms with E-state index in [-0.39, 0.29) is 12.6 Å². The molecule has 1 N–H and O–H groups in total. The van der Waals surface area contributed by atoms with Crippen molar-refractivity contribution in [2.45, 2.75) is 26.3 Å². The SMILES string of the molecule is CCOC(=O)COCCNC(CC)c1ccccc1. The van der Waals surface area contributed by atoms with E-state index in [0.29, 0.717) is 25.8 Å². The first kappa shape index (κ1) is 15.7. The third-order valence-corrected chi connectivity index (χ3v) is 2.77. The summed E-state index contributed by atoms with van der Waals surface area (Å²) in [7, 11) is 0. The quantitative estimate of drug-likeness (QED) is 0.550. The molecule has 0 radical (unpaired) electrons. The van der Waals surface area contributed by atoms with E-state index in [4.69, 9.17) is 9.47 Å². The van der Waals surface area contributed by atoms with E-state index in [9.17, 15) is 4.79 Å². The molecule has 0 saturated heterocycles. The van der Waals surface area contributed by atoms with Crippen LogP contribution in [-0.4, -0.2) is 32.3 Å². The molecule has 0 aliphatic carbocycles. The Bertz CT molecular complexity index is 354. The summed E-state index contributed by atoms with van der Waals surface area (Å²) in [6.07, 6.45) is 1.02. The first-order valence-electron chi connectivity index (χ1n) is 6.79. The number of benzene rings is 1. The molecule has 0 fully saturated rings. The maximum Gasteiger partial charge on any atom is 0.332 e. The Hall–Kier alpha value is -1.39. The van der Waals surface area contributed by atoms with Crippen LogP contribution in [0, 0.1) is 0 Å². The van der Waals surface area contributed by atoms with Gasteiger partial charge in [-0.15, -0.1) is 0 Å². The molecule has 1 aromatic carbocycles. The van der Waals surface area contributed by atoms with Crippen molar-refractivity contribution in [2.24, 2.45) is 0 Å². The first-order chi connectivity index (χ1) is 9.27. The van der Waals surface area contributed by atoms with Crippen LogP contribution in [0.1, 0.15) is 31.9 Å². The largest absolute Gasteiger partial charge is 0.464 e. The molecule has 0 aliphatic rings. The first-order valence-corrected chi connectivity index (χ1v) is 6.79. The summed E-state index contributed by atoms with van der Waals surface area (Å²) in [6.45, 7) is 5.56. The van der Waals surface area contributed by atoms with Gasteiger partial charge >= 0.3 is 5.97 Å². The van der Waals surface area contributed by atoms with Crippen LogP contribution in [0.15, 0.2) is 30.3 Å². The molecular weight excluding hydrogens is 242 g/mol. The number of carbonyl (C=O) groups excluding carboxylic acids is 1. The third kappa shape index (κ3) is 6.36. The second-order valence-corrected chi connectivity index (χ2v) is 4.18. The summed E-state index contributed by atoms with van der Waals surface area (Å²) in [5, 5.41) is 3.41. The van der Waals surface area contributed by atoms with Crippen molar-refractivity contribution in [1.82, 2.24) is 5.32 Å². The molecular formula is C15H23NO3. The average molecular weight is 265 g/mol. The number of rotatable bonds is 9. The maximum absolute atomic E-state index is 11.1. The van der Waals surface area contributed by atoms with Gasteiger partial charge in [0.05, 0.1) is 13.2 Å². The molecule has 0 heterocycles. The van der Waals surface area contributed by atoms with Crippen LogP contribution < -0.4 is 5.32 Å². The Morgan fingerprint density at radius 3 is 2.63 bits per heavy atom. The molecule has 106 valence electrons. The zero-order chi connectivity index (χ0) is 13.9. The average Bonchev–Trinajstić information content (AvgIpc) is 2.44. The standard InChI is InChI=1S/C15H23NO3/c1-3-14(13-8-6-5-7-9-13)16-10-11-18-12-15(17)19-4-2/h5-9,14,16H,3-4,10-12H2,1-2H3. The zero-order valence-electron chi connectivity index (χ0n) is 11.7. The summed E-state index contributed by atoms with van der Waals surface area (Å²) in [6, 6.07) is 10.6. The van der Waals surface area contributed by atoms with E-state index in [1.54, 1.807) is 6.92 Å². The van der Waals surface area contributed by atoms with E-state index >= 15 is 0 Å². The lowest BCUT2D eigenvalue weighted by atomic mass is 10.1. The van der Waals surface area contributed by atoms with Crippen molar-refractivity contribution in [1.29, 1.82) is 0 Å². The minimum atomic E-state index is -0.308. The third-order valence-electron chi connectivity index (χ3n) is 2.77. The van der Waals surface area contributed by atoms with Crippen LogP contribution in [0.4, 0.5) is 0 Å². The van der Waals surface area contributed by atoms with Crippen molar-refractivity contribution < 1.29 is 14.3 Å². The fourth-order valence-electron chi connectivity index (χ4n) is 1.85. The van der Waals surface area contributed by atoms with E-state index in [2.05, 4.69) is 24.4 Å². The fraction of sp³-hybridized carbons (Fsp3) is 0.533. The highest BCUT2D eigenvalue weighted by Gasteiger charge is 2.07. The lowest BCUT2D eigenvalue weighted by molar-refractivity contribution is -0.148. The number of hydrogen-bond donors (Lipinski definition) is 1. The highest BCUT2D eigenvalue weighted by molar-refractivity contribution is 5.70. The van der Waals surface area contributed by atoms with E-state index in [1.165, 1.54) is 5.56 Å². The van der Waals surface area contributed by atoms with Crippen molar-refractivity contribution in [3.63, 3.8) is 0 Å². The molecule has 0 aliphatic heterocycles. The van der Waals surface area contributed by atoms with Crippen molar-refractivity contribution >= 4 is 5.97 Å². The predicted octanol–water partition coefficient (Wildman–Crippen LogP) is 2.31. The lowest BCUT2D eigenvalue weighted by Crippen LogP contribution is -2.26. The highest BCUT2D eigenvalue weighted by Crippen LogP contribution is 2.15. The molecule has 4 nitrogen and oxygen atoms in total. The highest BCUT2D eigenvalue weighted by atomic mass is 16.6. The smallest absolute Gasteiger partial charge is 0.332 e. The molecule has 0 aromatic heterocycles. The number of esters is 1. The zero-order valence-corrected chi connectivity index (χ0v) is 11.7. The Morgan fingerprint density at radius 2 is 2.00 bits per heavy atom. The van der Waals surface area contributed by atoms with E-state index < -0.39 is 0 Å². The van der Waals surface area contributed by atoms with Gasteiger partial charge in [-0.25, -0.2) is 4.79 Å². The Kier molecular flexibility index (Phi) is 7.86. The molecule has 0 bridgehead atoms. The normalized spacial score (nSPS) is 12.1. The fourth-order valence-corrected chi connectivity index (χ4v) is 1.85. The summed E-state index contributed by atoms with van der Waals surface area (Å²) in [5.74, 6) is -0.308. The molecule has 0 saturated carbocycles. The summed E-state index contributed by atoms with van der Waals surface area (Å²) in [5.41, 5.74) is 1.27. The molecule has 1 aromatic rings. The van der Waals surface area contributed by atoms with E-state index in [1.807, 2.05) is 18.2 Å². The second-order valence-electron chi connectivity index (χ2n) is 4.18. The molecule has 1 unspecified atom stereocenters. The van der Waals surface area contributed by atoms with Crippen LogP contribution >= 0.6 is 0 Å². The molecule has 1 rings (SSSR count). The van der Waals surface area contributed by atoms with E-state index in [0.717, 1.165) is 6.42 Å². The van der Waals surface area contributed by atoms with Crippen LogP contribution in [-0.2, 0) is 14.3 Å². The summed E-state index contributed by atoms with van der Waals surface area (Å²) >= 11 is 0. The van der Waals surface area contributed by atoms with Crippen LogP contribution in [0.25, 0.3) is 0 Å². The Labute approximate surface area is 115 Å². The number of nitrogens with one attached hydrogen (secondary N) is 1. The van der Waals surface area contributed by atoms with Gasteiger partial charge in [-0.2, -0.15) is 0 Å². The van der Waals surface area contributed by atoms with Gasteiger partial charge in [-0.3, -0.25) is 0 Å². The van der Waals surface area contributed by atoms with Gasteiger partial charge in [0.2, 0.25) is 0 Å². The Morgan fingerprint density at radius 1 is 1.26 bits per heavy atom. The minimum Gasteiger partial charge on any atom is -0.464 e. The lowest BCUT2D eigenvalue weighted by Gasteiger charge is -2.17. The number of carbonyl (C=O) groups is 1. The minimum absolute atomic E-state index is 0.0254. The van der Waals surface area contributed by atoms with Gasteiger partial charge in [-0.05, 0) is 18.9 Å². The van der Waals surface area contributed by atoms with Gasteiger partial charge in [0.15, 0.2) is 0 Å². The number of hydrogen-bond acceptors (Lipinski definition) is 4. The number of ether oxygens (including phenoxy) is 2. The molecule has 4 heteroatoms. The molecule has 1 atom stereocenters. The predicted molar refractivity (Wildman–Crippen MR) is 74.9 cm³/mol. The van der Waals surface area contributed by atoms with Crippen molar-refractivity contribution in [3.8, 4) is 0 Å². The van der Waals surface area contributed by atoms with Gasteiger partial charge in [-0.1, -0.05) is 37.3 Å². The monoisotopic (exact) mass is 265 g/mol. The van der Waals surface area contributed by atoms with Crippen LogP contribution in [0.2, 0.25) is 0 Å². The second kappa shape index (κ2) is 9.53. The Balaban J connectivity index is 2.19. The summed E-state index contributed by atoms with van der Waals surface area (Å²) < 4.78 is 10.0. The van der Waals surface area contributed by atoms with Crippen LogP contribution in [0.5, 0.6) is 0 Å². The van der Waals surface area contributed by atoms with Gasteiger partial charge in [0, 0.05) is 12.6 Å². The van der Waals surface area contributed by atoms with Crippen molar-refractivity contribution in [2.75, 3.05) is 26.4 Å². The van der Waals surface area contributed by atoms with Gasteiger partial charge in [0.1, 0.15) is 6.61 Å². The maximum atomic E-state index is 11.1. The van der Waals surface area contributed by atoms with Gasteiger partial charge < -0.3 is 14.8 Å². The summed E-state index contributed by atoms with van der Waals surface area (Å²) in [4.78, 5) is 11.1. The molecule has 0 amide bonds.